The van der Waals surface area contributed by atoms with Gasteiger partial charge in [-0.25, -0.2) is 13.2 Å². The van der Waals surface area contributed by atoms with Crippen LogP contribution in [-0.2, 0) is 36.5 Å². The summed E-state index contributed by atoms with van der Waals surface area (Å²) in [6, 6.07) is 20.2. The summed E-state index contributed by atoms with van der Waals surface area (Å²) in [5, 5.41) is 14.7. The van der Waals surface area contributed by atoms with E-state index >= 15 is 0 Å². The van der Waals surface area contributed by atoms with Gasteiger partial charge in [0.1, 0.15) is 5.57 Å². The third-order valence-electron chi connectivity index (χ3n) is 7.64. The predicted molar refractivity (Wildman–Crippen MR) is 163 cm³/mol. The van der Waals surface area contributed by atoms with Crippen molar-refractivity contribution in [1.82, 2.24) is 10.2 Å². The third-order valence-corrected chi connectivity index (χ3v) is 8.81. The van der Waals surface area contributed by atoms with Crippen molar-refractivity contribution in [2.75, 3.05) is 25.9 Å². The second-order valence-corrected chi connectivity index (χ2v) is 13.6. The number of aryl methyl sites for hydroxylation is 1. The summed E-state index contributed by atoms with van der Waals surface area (Å²) in [5.74, 6) is -1.02. The molecule has 3 aromatic rings. The zero-order valence-corrected chi connectivity index (χ0v) is 25.1. The fourth-order valence-electron chi connectivity index (χ4n) is 5.72. The number of benzene rings is 3. The molecule has 2 heterocycles. The van der Waals surface area contributed by atoms with Gasteiger partial charge in [0.2, 0.25) is 5.91 Å². The second-order valence-electron chi connectivity index (χ2n) is 11.1. The molecule has 2 N–H and O–H groups in total. The number of halogens is 1. The smallest absolute Gasteiger partial charge is 0.343 e. The molecule has 5 rings (SSSR count). The lowest BCUT2D eigenvalue weighted by atomic mass is 9.87. The van der Waals surface area contributed by atoms with Crippen LogP contribution < -0.4 is 5.32 Å². The van der Waals surface area contributed by atoms with Gasteiger partial charge in [0.15, 0.2) is 21.2 Å². The van der Waals surface area contributed by atoms with Crippen molar-refractivity contribution in [2.24, 2.45) is 0 Å². The number of aliphatic hydroxyl groups is 1. The topological polar surface area (TPSA) is 113 Å². The van der Waals surface area contributed by atoms with E-state index in [9.17, 15) is 23.1 Å². The van der Waals surface area contributed by atoms with E-state index in [0.29, 0.717) is 53.2 Å². The Bertz CT molecular complexity index is 1670. The molecule has 0 aromatic heterocycles. The highest BCUT2D eigenvalue weighted by molar-refractivity contribution is 7.89. The molecule has 2 aliphatic rings. The van der Waals surface area contributed by atoms with Crippen LogP contribution in [0.4, 0.5) is 0 Å². The number of esters is 1. The molecule has 1 spiro atoms. The Morgan fingerprint density at radius 1 is 1.07 bits per heavy atom. The Hall–Kier alpha value is -3.66. The van der Waals surface area contributed by atoms with Gasteiger partial charge in [0, 0.05) is 29.9 Å². The third kappa shape index (κ3) is 6.53. The Kier molecular flexibility index (Phi) is 8.46. The van der Waals surface area contributed by atoms with Gasteiger partial charge in [-0.05, 0) is 66.3 Å². The van der Waals surface area contributed by atoms with E-state index in [2.05, 4.69) is 5.32 Å². The first-order valence-electron chi connectivity index (χ1n) is 13.7. The number of nitrogens with zero attached hydrogens (tertiary/aromatic N) is 1. The van der Waals surface area contributed by atoms with Crippen LogP contribution in [0, 0.1) is 6.92 Å². The van der Waals surface area contributed by atoms with Crippen molar-refractivity contribution in [3.8, 4) is 11.1 Å². The van der Waals surface area contributed by atoms with Crippen LogP contribution in [0.25, 0.3) is 16.7 Å². The molecule has 1 fully saturated rings. The Balaban J connectivity index is 1.36. The van der Waals surface area contributed by atoms with Crippen molar-refractivity contribution in [2.45, 2.75) is 37.7 Å². The Morgan fingerprint density at radius 2 is 1.81 bits per heavy atom. The molecule has 1 amide bonds. The van der Waals surface area contributed by atoms with E-state index < -0.39 is 21.4 Å². The average Bonchev–Trinajstić information content (AvgIpc) is 3.16. The minimum absolute atomic E-state index is 0.0714. The first kappa shape index (κ1) is 29.8. The van der Waals surface area contributed by atoms with Crippen LogP contribution in [0.15, 0.2) is 72.5 Å². The van der Waals surface area contributed by atoms with Crippen molar-refractivity contribution in [1.29, 1.82) is 0 Å². The number of likely N-dealkylation sites (tertiary alicyclic amines) is 1. The zero-order valence-electron chi connectivity index (χ0n) is 23.5. The summed E-state index contributed by atoms with van der Waals surface area (Å²) in [4.78, 5) is 27.8. The van der Waals surface area contributed by atoms with Gasteiger partial charge in [-0.15, -0.1) is 0 Å². The molecule has 10 heteroatoms. The van der Waals surface area contributed by atoms with Gasteiger partial charge in [-0.3, -0.25) is 9.69 Å². The zero-order chi connectivity index (χ0) is 30.1. The number of hydrogen-bond acceptors (Lipinski definition) is 7. The number of piperidine rings is 1. The lowest BCUT2D eigenvalue weighted by Gasteiger charge is -2.38. The minimum Gasteiger partial charge on any atom is -0.507 e. The van der Waals surface area contributed by atoms with E-state index in [4.69, 9.17) is 16.3 Å². The normalized spacial score (nSPS) is 19.3. The summed E-state index contributed by atoms with van der Waals surface area (Å²) >= 11 is 6.70. The average molecular weight is 609 g/mol. The fraction of sp³-hybridized carbons (Fsp3) is 0.312. The summed E-state index contributed by atoms with van der Waals surface area (Å²) < 4.78 is 29.4. The largest absolute Gasteiger partial charge is 0.507 e. The maximum atomic E-state index is 13.2. The van der Waals surface area contributed by atoms with Crippen molar-refractivity contribution < 1.29 is 27.9 Å². The van der Waals surface area contributed by atoms with Gasteiger partial charge in [-0.1, -0.05) is 66.2 Å². The number of amides is 1. The van der Waals surface area contributed by atoms with Crippen LogP contribution in [0.2, 0.25) is 5.02 Å². The predicted octanol–water partition coefficient (Wildman–Crippen LogP) is 4.84. The molecule has 42 heavy (non-hydrogen) atoms. The molecular weight excluding hydrogens is 576 g/mol. The summed E-state index contributed by atoms with van der Waals surface area (Å²) in [6.45, 7) is 3.19. The Morgan fingerprint density at radius 3 is 2.55 bits per heavy atom. The molecule has 3 aromatic carbocycles. The van der Waals surface area contributed by atoms with Gasteiger partial charge in [0.05, 0.1) is 12.3 Å². The lowest BCUT2D eigenvalue weighted by molar-refractivity contribution is -0.152. The van der Waals surface area contributed by atoms with Crippen LogP contribution in [0.5, 0.6) is 0 Å². The highest BCUT2D eigenvalue weighted by atomic mass is 35.5. The fourth-order valence-corrected chi connectivity index (χ4v) is 6.77. The van der Waals surface area contributed by atoms with Crippen molar-refractivity contribution in [3.63, 3.8) is 0 Å². The van der Waals surface area contributed by atoms with E-state index in [1.807, 2.05) is 54.3 Å². The number of hydrogen-bond donors (Lipinski definition) is 2. The summed E-state index contributed by atoms with van der Waals surface area (Å²) in [5.41, 5.74) is 3.07. The Labute approximate surface area is 250 Å². The van der Waals surface area contributed by atoms with Gasteiger partial charge in [0.25, 0.3) is 0 Å². The van der Waals surface area contributed by atoms with Crippen molar-refractivity contribution in [3.05, 3.63) is 99.8 Å². The quantitative estimate of drug-likeness (QED) is 0.352. The molecule has 1 saturated heterocycles. The first-order valence-corrected chi connectivity index (χ1v) is 16.2. The molecule has 2 aliphatic heterocycles. The van der Waals surface area contributed by atoms with E-state index in [0.717, 1.165) is 11.1 Å². The number of carbonyl (C=O) groups excluding carboxylic acids is 2. The standard InChI is InChI=1S/C32H33ClN2O6S/c1-21-14-26(24-11-6-10-23(15-24)19-42(2,39)40)27(33)16-25(21)29-30(37)32(41-31(29)38)12-7-13-35(20-32)18-28(36)34-17-22-8-4-3-5-9-22/h3-6,8-11,14-16,37H,7,12-13,17-20H2,1-2H3,(H,34,36). The highest BCUT2D eigenvalue weighted by Gasteiger charge is 2.51. The summed E-state index contributed by atoms with van der Waals surface area (Å²) in [6.07, 6.45) is 2.26. The van der Waals surface area contributed by atoms with Crippen LogP contribution in [0.3, 0.4) is 0 Å². The molecule has 1 unspecified atom stereocenters. The lowest BCUT2D eigenvalue weighted by Crippen LogP contribution is -2.52. The van der Waals surface area contributed by atoms with Crippen LogP contribution in [-0.4, -0.2) is 61.8 Å². The number of aliphatic hydroxyl groups excluding tert-OH is 1. The van der Waals surface area contributed by atoms with Gasteiger partial charge in [-0.2, -0.15) is 0 Å². The molecule has 8 nitrogen and oxygen atoms in total. The molecule has 220 valence electrons. The first-order chi connectivity index (χ1) is 19.9. The molecule has 0 saturated carbocycles. The number of rotatable bonds is 8. The van der Waals surface area contributed by atoms with Gasteiger partial charge < -0.3 is 15.2 Å². The highest BCUT2D eigenvalue weighted by Crippen LogP contribution is 2.44. The monoisotopic (exact) mass is 608 g/mol. The SMILES string of the molecule is Cc1cc(-c2cccc(CS(C)(=O)=O)c2)c(Cl)cc1C1=C(O)C2(CCCN(CC(=O)NCc3ccccc3)C2)OC1=O. The van der Waals surface area contributed by atoms with E-state index in [1.54, 1.807) is 24.3 Å². The summed E-state index contributed by atoms with van der Waals surface area (Å²) in [7, 11) is -3.21. The number of ether oxygens (including phenoxy) is 1. The van der Waals surface area contributed by atoms with E-state index in [-0.39, 0.29) is 36.1 Å². The molecule has 0 bridgehead atoms. The number of sulfone groups is 1. The number of nitrogens with one attached hydrogen (secondary N) is 1. The van der Waals surface area contributed by atoms with Crippen LogP contribution in [0.1, 0.15) is 35.1 Å². The maximum Gasteiger partial charge on any atom is 0.343 e. The minimum atomic E-state index is -3.21. The second kappa shape index (κ2) is 11.9. The maximum absolute atomic E-state index is 13.2. The molecule has 0 radical (unpaired) electrons. The number of carbonyl (C=O) groups is 2. The van der Waals surface area contributed by atoms with Gasteiger partial charge >= 0.3 is 5.97 Å². The van der Waals surface area contributed by atoms with Crippen LogP contribution >= 0.6 is 11.6 Å². The molecular formula is C32H33ClN2O6S. The van der Waals surface area contributed by atoms with Crippen molar-refractivity contribution >= 4 is 38.9 Å². The molecule has 1 atom stereocenters. The molecule has 0 aliphatic carbocycles. The van der Waals surface area contributed by atoms with E-state index in [1.165, 1.54) is 6.26 Å².